The maximum Gasteiger partial charge on any atom is 0.252 e. The Bertz CT molecular complexity index is 421. The second-order valence-corrected chi connectivity index (χ2v) is 4.47. The van der Waals surface area contributed by atoms with Crippen molar-refractivity contribution in [3.8, 4) is 0 Å². The molecule has 0 saturated heterocycles. The van der Waals surface area contributed by atoms with Crippen LogP contribution in [0.25, 0.3) is 0 Å². The van der Waals surface area contributed by atoms with Gasteiger partial charge in [-0.25, -0.2) is 0 Å². The second kappa shape index (κ2) is 7.11. The molecule has 1 amide bonds. The lowest BCUT2D eigenvalue weighted by atomic mass is 10.1. The highest BCUT2D eigenvalue weighted by Gasteiger charge is 2.12. The van der Waals surface area contributed by atoms with Crippen molar-refractivity contribution < 1.29 is 4.79 Å². The number of nitrogens with one attached hydrogen (secondary N) is 2. The molecule has 5 heteroatoms. The standard InChI is InChI=1S/C13H20ClN3O/c1-3-5-6-17-13(18)9-7-11(15)12(16-4-2)8-10(9)14/h7-8,16H,3-6,15H2,1-2H3,(H,17,18). The van der Waals surface area contributed by atoms with Crippen LogP contribution in [-0.4, -0.2) is 19.0 Å². The number of benzene rings is 1. The Balaban J connectivity index is 2.83. The smallest absolute Gasteiger partial charge is 0.252 e. The van der Waals surface area contributed by atoms with Gasteiger partial charge in [-0.1, -0.05) is 24.9 Å². The molecule has 0 aliphatic carbocycles. The second-order valence-electron chi connectivity index (χ2n) is 4.06. The maximum atomic E-state index is 11.9. The van der Waals surface area contributed by atoms with Crippen molar-refractivity contribution in [3.05, 3.63) is 22.7 Å². The van der Waals surface area contributed by atoms with Crippen LogP contribution in [0.1, 0.15) is 37.0 Å². The summed E-state index contributed by atoms with van der Waals surface area (Å²) in [6.45, 7) is 5.45. The zero-order valence-corrected chi connectivity index (χ0v) is 11.6. The van der Waals surface area contributed by atoms with Gasteiger partial charge in [-0.05, 0) is 25.5 Å². The van der Waals surface area contributed by atoms with Crippen molar-refractivity contribution in [2.24, 2.45) is 0 Å². The molecule has 0 aliphatic heterocycles. The van der Waals surface area contributed by atoms with Gasteiger partial charge in [0.05, 0.1) is 22.0 Å². The maximum absolute atomic E-state index is 11.9. The fourth-order valence-electron chi connectivity index (χ4n) is 1.58. The summed E-state index contributed by atoms with van der Waals surface area (Å²) in [6, 6.07) is 3.30. The van der Waals surface area contributed by atoms with Gasteiger partial charge >= 0.3 is 0 Å². The molecule has 4 N–H and O–H groups in total. The molecule has 4 nitrogen and oxygen atoms in total. The van der Waals surface area contributed by atoms with Gasteiger partial charge in [0.1, 0.15) is 0 Å². The van der Waals surface area contributed by atoms with Gasteiger partial charge in [-0.3, -0.25) is 4.79 Å². The lowest BCUT2D eigenvalue weighted by Crippen LogP contribution is -2.24. The third-order valence-corrected chi connectivity index (χ3v) is 2.88. The molecule has 0 heterocycles. The first-order valence-electron chi connectivity index (χ1n) is 6.21. The average Bonchev–Trinajstić information content (AvgIpc) is 2.34. The summed E-state index contributed by atoms with van der Waals surface area (Å²) in [6.07, 6.45) is 1.99. The molecule has 1 aromatic carbocycles. The third kappa shape index (κ3) is 3.81. The van der Waals surface area contributed by atoms with E-state index >= 15 is 0 Å². The molecule has 0 aliphatic rings. The Kier molecular flexibility index (Phi) is 5.78. The summed E-state index contributed by atoms with van der Waals surface area (Å²) in [5.74, 6) is -0.178. The lowest BCUT2D eigenvalue weighted by molar-refractivity contribution is 0.0953. The highest BCUT2D eigenvalue weighted by molar-refractivity contribution is 6.34. The first-order chi connectivity index (χ1) is 8.60. The predicted octanol–water partition coefficient (Wildman–Crippen LogP) is 2.88. The summed E-state index contributed by atoms with van der Waals surface area (Å²) in [4.78, 5) is 11.9. The number of halogens is 1. The molecule has 0 saturated carbocycles. The zero-order valence-electron chi connectivity index (χ0n) is 10.8. The van der Waals surface area contributed by atoms with Crippen LogP contribution in [0.2, 0.25) is 5.02 Å². The van der Waals surface area contributed by atoms with E-state index < -0.39 is 0 Å². The molecule has 0 radical (unpaired) electrons. The van der Waals surface area contributed by atoms with E-state index in [1.807, 2.05) is 6.92 Å². The van der Waals surface area contributed by atoms with Gasteiger partial charge in [0.25, 0.3) is 5.91 Å². The molecule has 1 rings (SSSR count). The molecule has 100 valence electrons. The lowest BCUT2D eigenvalue weighted by Gasteiger charge is -2.11. The molecule has 0 spiro atoms. The Morgan fingerprint density at radius 1 is 1.39 bits per heavy atom. The minimum atomic E-state index is -0.178. The number of hydrogen-bond acceptors (Lipinski definition) is 3. The highest BCUT2D eigenvalue weighted by atomic mass is 35.5. The molecule has 0 fully saturated rings. The van der Waals surface area contributed by atoms with E-state index in [-0.39, 0.29) is 5.91 Å². The van der Waals surface area contributed by atoms with E-state index in [2.05, 4.69) is 17.6 Å². The Hall–Kier alpha value is -1.42. The number of nitrogens with two attached hydrogens (primary N) is 1. The molecular weight excluding hydrogens is 250 g/mol. The number of carbonyl (C=O) groups excluding carboxylic acids is 1. The molecule has 0 unspecified atom stereocenters. The fraction of sp³-hybridized carbons (Fsp3) is 0.462. The van der Waals surface area contributed by atoms with Gasteiger partial charge < -0.3 is 16.4 Å². The topological polar surface area (TPSA) is 67.2 Å². The van der Waals surface area contributed by atoms with E-state index in [0.717, 1.165) is 25.1 Å². The number of rotatable bonds is 6. The quantitative estimate of drug-likeness (QED) is 0.549. The Labute approximate surface area is 113 Å². The number of nitrogen functional groups attached to an aromatic ring is 1. The normalized spacial score (nSPS) is 10.2. The fourth-order valence-corrected chi connectivity index (χ4v) is 1.83. The van der Waals surface area contributed by atoms with Gasteiger partial charge in [-0.2, -0.15) is 0 Å². The van der Waals surface area contributed by atoms with Crippen LogP contribution >= 0.6 is 11.6 Å². The van der Waals surface area contributed by atoms with Crippen LogP contribution in [0.4, 0.5) is 11.4 Å². The predicted molar refractivity (Wildman–Crippen MR) is 77.3 cm³/mol. The number of amides is 1. The number of carbonyl (C=O) groups is 1. The Morgan fingerprint density at radius 2 is 2.11 bits per heavy atom. The van der Waals surface area contributed by atoms with Gasteiger partial charge in [0.15, 0.2) is 0 Å². The molecule has 0 aromatic heterocycles. The average molecular weight is 270 g/mol. The van der Waals surface area contributed by atoms with E-state index in [1.54, 1.807) is 12.1 Å². The first-order valence-corrected chi connectivity index (χ1v) is 6.59. The molecular formula is C13H20ClN3O. The van der Waals surface area contributed by atoms with Crippen molar-refractivity contribution in [3.63, 3.8) is 0 Å². The van der Waals surface area contributed by atoms with Crippen LogP contribution in [0.3, 0.4) is 0 Å². The summed E-state index contributed by atoms with van der Waals surface area (Å²) < 4.78 is 0. The van der Waals surface area contributed by atoms with Crippen LogP contribution in [0.5, 0.6) is 0 Å². The summed E-state index contributed by atoms with van der Waals surface area (Å²) in [7, 11) is 0. The number of hydrogen-bond donors (Lipinski definition) is 3. The number of anilines is 2. The van der Waals surface area contributed by atoms with E-state index in [9.17, 15) is 4.79 Å². The Morgan fingerprint density at radius 3 is 2.72 bits per heavy atom. The molecule has 1 aromatic rings. The van der Waals surface area contributed by atoms with E-state index in [0.29, 0.717) is 22.8 Å². The van der Waals surface area contributed by atoms with Crippen molar-refractivity contribution >= 4 is 28.9 Å². The molecule has 0 atom stereocenters. The van der Waals surface area contributed by atoms with Crippen molar-refractivity contribution in [1.29, 1.82) is 0 Å². The van der Waals surface area contributed by atoms with Crippen LogP contribution in [-0.2, 0) is 0 Å². The summed E-state index contributed by atoms with van der Waals surface area (Å²) >= 11 is 6.09. The molecule has 18 heavy (non-hydrogen) atoms. The summed E-state index contributed by atoms with van der Waals surface area (Å²) in [5.41, 5.74) is 7.58. The highest BCUT2D eigenvalue weighted by Crippen LogP contribution is 2.27. The van der Waals surface area contributed by atoms with Crippen molar-refractivity contribution in [2.75, 3.05) is 24.1 Å². The zero-order chi connectivity index (χ0) is 13.5. The van der Waals surface area contributed by atoms with Gasteiger partial charge in [-0.15, -0.1) is 0 Å². The minimum Gasteiger partial charge on any atom is -0.397 e. The van der Waals surface area contributed by atoms with Crippen LogP contribution in [0.15, 0.2) is 12.1 Å². The first kappa shape index (κ1) is 14.6. The third-order valence-electron chi connectivity index (χ3n) is 2.57. The van der Waals surface area contributed by atoms with Crippen molar-refractivity contribution in [2.45, 2.75) is 26.7 Å². The van der Waals surface area contributed by atoms with Gasteiger partial charge in [0, 0.05) is 13.1 Å². The van der Waals surface area contributed by atoms with E-state index in [4.69, 9.17) is 17.3 Å². The van der Waals surface area contributed by atoms with Gasteiger partial charge in [0.2, 0.25) is 0 Å². The summed E-state index contributed by atoms with van der Waals surface area (Å²) in [5, 5.41) is 6.33. The monoisotopic (exact) mass is 269 g/mol. The van der Waals surface area contributed by atoms with E-state index in [1.165, 1.54) is 0 Å². The molecule has 0 bridgehead atoms. The largest absolute Gasteiger partial charge is 0.397 e. The SMILES string of the molecule is CCCCNC(=O)c1cc(N)c(NCC)cc1Cl. The van der Waals surface area contributed by atoms with Crippen LogP contribution < -0.4 is 16.4 Å². The van der Waals surface area contributed by atoms with Crippen molar-refractivity contribution in [1.82, 2.24) is 5.32 Å². The van der Waals surface area contributed by atoms with Crippen LogP contribution in [0, 0.1) is 0 Å². The minimum absolute atomic E-state index is 0.178. The number of unbranched alkanes of at least 4 members (excludes halogenated alkanes) is 1.